The van der Waals surface area contributed by atoms with Crippen LogP contribution in [0.15, 0.2) is 78.9 Å². The minimum Gasteiger partial charge on any atom is -0.465 e. The number of para-hydroxylation sites is 1. The van der Waals surface area contributed by atoms with Crippen molar-refractivity contribution in [2.45, 2.75) is 19.3 Å². The summed E-state index contributed by atoms with van der Waals surface area (Å²) in [7, 11) is 0. The minimum absolute atomic E-state index is 0.0295. The Kier molecular flexibility index (Phi) is 5.86. The van der Waals surface area contributed by atoms with Crippen LogP contribution in [-0.4, -0.2) is 24.3 Å². The molecule has 0 radical (unpaired) electrons. The van der Waals surface area contributed by atoms with Crippen LogP contribution in [0.1, 0.15) is 40.7 Å². The van der Waals surface area contributed by atoms with Gasteiger partial charge in [0.1, 0.15) is 11.6 Å². The van der Waals surface area contributed by atoms with E-state index in [1.165, 1.54) is 12.1 Å². The van der Waals surface area contributed by atoms with Crippen LogP contribution in [0.25, 0.3) is 0 Å². The van der Waals surface area contributed by atoms with Crippen LogP contribution < -0.4 is 4.74 Å². The second kappa shape index (κ2) is 8.75. The third-order valence-corrected chi connectivity index (χ3v) is 5.67. The predicted octanol–water partition coefficient (Wildman–Crippen LogP) is 4.70. The maximum Gasteiger partial charge on any atom is 0.330 e. The van der Waals surface area contributed by atoms with Crippen molar-refractivity contribution in [2.24, 2.45) is 5.41 Å². The van der Waals surface area contributed by atoms with Crippen molar-refractivity contribution in [3.63, 3.8) is 0 Å². The zero-order valence-corrected chi connectivity index (χ0v) is 17.4. The molecule has 0 unspecified atom stereocenters. The van der Waals surface area contributed by atoms with E-state index in [2.05, 4.69) is 0 Å². The van der Waals surface area contributed by atoms with Crippen molar-refractivity contribution in [2.75, 3.05) is 6.61 Å². The summed E-state index contributed by atoms with van der Waals surface area (Å²) in [6.45, 7) is 1.66. The fourth-order valence-electron chi connectivity index (χ4n) is 4.19. The van der Waals surface area contributed by atoms with Crippen LogP contribution in [0.3, 0.4) is 0 Å². The topological polar surface area (TPSA) is 69.7 Å². The monoisotopic (exact) mass is 432 g/mol. The lowest BCUT2D eigenvalue weighted by molar-refractivity contribution is -0.169. The molecule has 0 bridgehead atoms. The Balaban J connectivity index is 1.91. The Hall–Kier alpha value is -3.80. The summed E-state index contributed by atoms with van der Waals surface area (Å²) >= 11 is 0. The first kappa shape index (κ1) is 21.4. The van der Waals surface area contributed by atoms with Crippen LogP contribution in [0.5, 0.6) is 5.75 Å². The number of ketones is 1. The molecular weight excluding hydrogens is 411 g/mol. The summed E-state index contributed by atoms with van der Waals surface area (Å²) in [5.74, 6) is -3.13. The molecule has 0 fully saturated rings. The molecule has 1 heterocycles. The van der Waals surface area contributed by atoms with Gasteiger partial charge < -0.3 is 9.47 Å². The average Bonchev–Trinajstić information content (AvgIpc) is 2.80. The number of ether oxygens (including phenoxy) is 2. The van der Waals surface area contributed by atoms with E-state index >= 15 is 0 Å². The summed E-state index contributed by atoms with van der Waals surface area (Å²) in [6.07, 6.45) is -0.482. The molecule has 5 nitrogen and oxygen atoms in total. The maximum absolute atomic E-state index is 13.5. The third kappa shape index (κ3) is 3.68. The van der Waals surface area contributed by atoms with Gasteiger partial charge in [-0.25, -0.2) is 4.39 Å². The van der Waals surface area contributed by atoms with Gasteiger partial charge in [-0.1, -0.05) is 48.5 Å². The first-order valence-electron chi connectivity index (χ1n) is 10.3. The Labute approximate surface area is 184 Å². The molecule has 3 aromatic carbocycles. The molecule has 32 heavy (non-hydrogen) atoms. The highest BCUT2D eigenvalue weighted by Crippen LogP contribution is 2.52. The van der Waals surface area contributed by atoms with E-state index in [0.29, 0.717) is 16.9 Å². The Morgan fingerprint density at radius 1 is 0.969 bits per heavy atom. The SMILES string of the molecule is CCOC(=O)[C@@]1(CC(=O)c2ccc(F)cc2)C(=O)Oc2ccccc2[C@H]1c1ccccc1. The number of Topliss-reactive ketones (excluding diaryl/α,β-unsaturated/α-hetero) is 1. The van der Waals surface area contributed by atoms with Crippen molar-refractivity contribution in [3.05, 3.63) is 101 Å². The molecule has 3 aromatic rings. The van der Waals surface area contributed by atoms with E-state index in [9.17, 15) is 18.8 Å². The highest BCUT2D eigenvalue weighted by molar-refractivity contribution is 6.10. The Morgan fingerprint density at radius 2 is 1.62 bits per heavy atom. The standard InChI is InChI=1S/C26H21FO5/c1-2-31-24(29)26(16-21(28)17-12-14-19(27)15-13-17)23(18-8-4-3-5-9-18)20-10-6-7-11-22(20)32-25(26)30/h3-15,23H,2,16H2,1H3/t23-,26+/m1/s1. The van der Waals surface area contributed by atoms with Crippen LogP contribution in [0.4, 0.5) is 4.39 Å². The lowest BCUT2D eigenvalue weighted by Gasteiger charge is -2.40. The summed E-state index contributed by atoms with van der Waals surface area (Å²) < 4.78 is 24.3. The van der Waals surface area contributed by atoms with Gasteiger partial charge in [0, 0.05) is 23.5 Å². The number of carbonyl (C=O) groups excluding carboxylic acids is 3. The predicted molar refractivity (Wildman–Crippen MR) is 115 cm³/mol. The number of fused-ring (bicyclic) bond motifs is 1. The molecule has 0 amide bonds. The maximum atomic E-state index is 13.5. The van der Waals surface area contributed by atoms with E-state index in [-0.39, 0.29) is 12.2 Å². The zero-order chi connectivity index (χ0) is 22.7. The molecule has 0 saturated carbocycles. The largest absolute Gasteiger partial charge is 0.465 e. The molecule has 0 N–H and O–H groups in total. The van der Waals surface area contributed by atoms with Gasteiger partial charge in [0.05, 0.1) is 6.61 Å². The van der Waals surface area contributed by atoms with E-state index in [0.717, 1.165) is 12.1 Å². The summed E-state index contributed by atoms with van der Waals surface area (Å²) in [5, 5.41) is 0. The first-order chi connectivity index (χ1) is 15.5. The van der Waals surface area contributed by atoms with Gasteiger partial charge in [-0.15, -0.1) is 0 Å². The van der Waals surface area contributed by atoms with Gasteiger partial charge in [0.25, 0.3) is 0 Å². The van der Waals surface area contributed by atoms with E-state index in [4.69, 9.17) is 9.47 Å². The molecule has 4 rings (SSSR count). The molecule has 0 aromatic heterocycles. The second-order valence-corrected chi connectivity index (χ2v) is 7.57. The molecule has 0 spiro atoms. The highest BCUT2D eigenvalue weighted by atomic mass is 19.1. The quantitative estimate of drug-likeness (QED) is 0.244. The third-order valence-electron chi connectivity index (χ3n) is 5.67. The Bertz CT molecular complexity index is 1160. The Morgan fingerprint density at radius 3 is 2.31 bits per heavy atom. The number of benzene rings is 3. The fourth-order valence-corrected chi connectivity index (χ4v) is 4.19. The summed E-state index contributed by atoms with van der Waals surface area (Å²) in [4.78, 5) is 40.1. The number of hydrogen-bond donors (Lipinski definition) is 0. The van der Waals surface area contributed by atoms with Crippen molar-refractivity contribution in [1.29, 1.82) is 0 Å². The fraction of sp³-hybridized carbons (Fsp3) is 0.192. The molecule has 162 valence electrons. The lowest BCUT2D eigenvalue weighted by atomic mass is 9.64. The van der Waals surface area contributed by atoms with Crippen molar-refractivity contribution in [1.82, 2.24) is 0 Å². The van der Waals surface area contributed by atoms with Crippen LogP contribution in [0, 0.1) is 11.2 Å². The molecule has 2 atom stereocenters. The smallest absolute Gasteiger partial charge is 0.330 e. The van der Waals surface area contributed by atoms with Gasteiger partial charge in [0.2, 0.25) is 0 Å². The molecule has 1 aliphatic rings. The number of carbonyl (C=O) groups is 3. The number of esters is 2. The van der Waals surface area contributed by atoms with Gasteiger partial charge in [-0.05, 0) is 42.8 Å². The summed E-state index contributed by atoms with van der Waals surface area (Å²) in [5.41, 5.74) is -0.458. The zero-order valence-electron chi connectivity index (χ0n) is 17.4. The van der Waals surface area contributed by atoms with E-state index in [1.54, 1.807) is 55.5 Å². The van der Waals surface area contributed by atoms with E-state index in [1.807, 2.05) is 6.07 Å². The molecule has 1 aliphatic heterocycles. The van der Waals surface area contributed by atoms with Crippen molar-refractivity contribution in [3.8, 4) is 5.75 Å². The first-order valence-corrected chi connectivity index (χ1v) is 10.3. The van der Waals surface area contributed by atoms with Crippen LogP contribution in [-0.2, 0) is 14.3 Å². The van der Waals surface area contributed by atoms with Crippen molar-refractivity contribution < 1.29 is 28.2 Å². The highest BCUT2D eigenvalue weighted by Gasteiger charge is 2.60. The molecule has 0 aliphatic carbocycles. The molecule has 6 heteroatoms. The second-order valence-electron chi connectivity index (χ2n) is 7.57. The van der Waals surface area contributed by atoms with Crippen LogP contribution in [0.2, 0.25) is 0 Å². The molecule has 0 saturated heterocycles. The lowest BCUT2D eigenvalue weighted by Crippen LogP contribution is -2.52. The van der Waals surface area contributed by atoms with Gasteiger partial charge in [-0.3, -0.25) is 14.4 Å². The van der Waals surface area contributed by atoms with Crippen molar-refractivity contribution >= 4 is 17.7 Å². The number of hydrogen-bond acceptors (Lipinski definition) is 5. The number of rotatable bonds is 6. The van der Waals surface area contributed by atoms with Gasteiger partial charge >= 0.3 is 11.9 Å². The van der Waals surface area contributed by atoms with Gasteiger partial charge in [-0.2, -0.15) is 0 Å². The molecular formula is C26H21FO5. The normalized spacial score (nSPS) is 19.6. The average molecular weight is 432 g/mol. The van der Waals surface area contributed by atoms with Crippen LogP contribution >= 0.6 is 0 Å². The summed E-state index contributed by atoms with van der Waals surface area (Å²) in [6, 6.07) is 21.0. The minimum atomic E-state index is -1.93. The number of halogens is 1. The van der Waals surface area contributed by atoms with Gasteiger partial charge in [0.15, 0.2) is 11.2 Å². The van der Waals surface area contributed by atoms with E-state index < -0.39 is 41.3 Å².